The highest BCUT2D eigenvalue weighted by Crippen LogP contribution is 2.34. The molecule has 1 saturated heterocycles. The summed E-state index contributed by atoms with van der Waals surface area (Å²) in [4.78, 5) is 47.9. The smallest absolute Gasteiger partial charge is 0.338 e. The zero-order valence-electron chi connectivity index (χ0n) is 23.6. The molecule has 2 saturated carbocycles. The number of nitrogens with zero attached hydrogens (tertiary/aromatic N) is 5. The van der Waals surface area contributed by atoms with Crippen LogP contribution in [0, 0.1) is 0 Å². The third-order valence-electron chi connectivity index (χ3n) is 8.25. The van der Waals surface area contributed by atoms with Gasteiger partial charge in [0, 0.05) is 57.0 Å². The van der Waals surface area contributed by atoms with E-state index in [0.717, 1.165) is 25.1 Å². The van der Waals surface area contributed by atoms with Crippen LogP contribution in [-0.4, -0.2) is 86.0 Å². The van der Waals surface area contributed by atoms with Gasteiger partial charge >= 0.3 is 11.7 Å². The Hall–Kier alpha value is -3.28. The molecule has 0 unspecified atom stereocenters. The van der Waals surface area contributed by atoms with Crippen LogP contribution >= 0.6 is 0 Å². The van der Waals surface area contributed by atoms with E-state index < -0.39 is 11.2 Å². The molecule has 3 fully saturated rings. The lowest BCUT2D eigenvalue weighted by Crippen LogP contribution is -2.58. The number of hydrogen-bond acceptors (Lipinski definition) is 7. The molecule has 1 aromatic carbocycles. The SMILES string of the molecule is CC(C)(N)C(=O)N1CCN(C(=O)Nc2ccn(-c3ccc(CN(C4CC4)[C@H]4CC[C@H](N)CC4)cc3)c(=O)n2)CC1. The van der Waals surface area contributed by atoms with Gasteiger partial charge in [0.25, 0.3) is 0 Å². The lowest BCUT2D eigenvalue weighted by molar-refractivity contribution is -0.137. The number of piperazine rings is 1. The van der Waals surface area contributed by atoms with Crippen LogP contribution in [0.15, 0.2) is 41.3 Å². The molecule has 2 aliphatic carbocycles. The zero-order chi connectivity index (χ0) is 28.4. The molecule has 11 nitrogen and oxygen atoms in total. The molecule has 0 radical (unpaired) electrons. The Labute approximate surface area is 235 Å². The Bertz CT molecular complexity index is 1250. The van der Waals surface area contributed by atoms with Crippen LogP contribution in [0.25, 0.3) is 5.69 Å². The third-order valence-corrected chi connectivity index (χ3v) is 8.25. The van der Waals surface area contributed by atoms with Crippen molar-refractivity contribution < 1.29 is 9.59 Å². The van der Waals surface area contributed by atoms with Crippen LogP contribution in [0.3, 0.4) is 0 Å². The predicted molar refractivity (Wildman–Crippen MR) is 154 cm³/mol. The first-order chi connectivity index (χ1) is 19.1. The van der Waals surface area contributed by atoms with E-state index in [-0.39, 0.29) is 17.8 Å². The van der Waals surface area contributed by atoms with Gasteiger partial charge in [-0.15, -0.1) is 0 Å². The van der Waals surface area contributed by atoms with Gasteiger partial charge in [-0.25, -0.2) is 9.59 Å². The molecule has 5 rings (SSSR count). The van der Waals surface area contributed by atoms with Crippen molar-refractivity contribution in [2.75, 3.05) is 31.5 Å². The van der Waals surface area contributed by atoms with E-state index in [2.05, 4.69) is 27.3 Å². The molecule has 3 aliphatic rings. The molecule has 3 amide bonds. The standard InChI is InChI=1S/C29H42N8O3/c1-29(2,31)26(38)34-15-17-35(18-16-34)27(39)32-25-13-14-36(28(40)33-25)22-7-3-20(4-8-22)19-37(24-11-12-24)23-9-5-21(30)6-10-23/h3-4,7-8,13-14,21,23-24H,5-6,9-12,15-19,30-31H2,1-2H3,(H,32,33,39,40)/t21-,23-. The molecule has 0 bridgehead atoms. The fourth-order valence-electron chi connectivity index (χ4n) is 5.75. The number of anilines is 1. The zero-order valence-corrected chi connectivity index (χ0v) is 23.6. The van der Waals surface area contributed by atoms with Gasteiger partial charge < -0.3 is 21.3 Å². The summed E-state index contributed by atoms with van der Waals surface area (Å²) >= 11 is 0. The molecule has 0 spiro atoms. The molecule has 40 heavy (non-hydrogen) atoms. The van der Waals surface area contributed by atoms with Gasteiger partial charge in [0.1, 0.15) is 5.82 Å². The Morgan fingerprint density at radius 3 is 2.08 bits per heavy atom. The number of amides is 3. The van der Waals surface area contributed by atoms with Crippen molar-refractivity contribution in [1.29, 1.82) is 0 Å². The fourth-order valence-corrected chi connectivity index (χ4v) is 5.75. The maximum Gasteiger partial charge on any atom is 0.354 e. The van der Waals surface area contributed by atoms with Gasteiger partial charge in [0.05, 0.1) is 11.2 Å². The lowest BCUT2D eigenvalue weighted by Gasteiger charge is -2.37. The molecule has 1 aliphatic heterocycles. The van der Waals surface area contributed by atoms with Gasteiger partial charge in [-0.1, -0.05) is 12.1 Å². The van der Waals surface area contributed by atoms with Crippen molar-refractivity contribution in [3.63, 3.8) is 0 Å². The molecular formula is C29H42N8O3. The topological polar surface area (TPSA) is 143 Å². The molecule has 0 atom stereocenters. The van der Waals surface area contributed by atoms with Crippen LogP contribution in [0.4, 0.5) is 10.6 Å². The van der Waals surface area contributed by atoms with E-state index in [0.29, 0.717) is 44.3 Å². The highest BCUT2D eigenvalue weighted by Gasteiger charge is 2.35. The maximum absolute atomic E-state index is 12.8. The number of aromatic nitrogens is 2. The maximum atomic E-state index is 12.8. The highest BCUT2D eigenvalue weighted by molar-refractivity contribution is 5.89. The van der Waals surface area contributed by atoms with Crippen molar-refractivity contribution in [2.45, 2.75) is 82.6 Å². The largest absolute Gasteiger partial charge is 0.354 e. The average Bonchev–Trinajstić information content (AvgIpc) is 3.78. The summed E-state index contributed by atoms with van der Waals surface area (Å²) in [6.07, 6.45) is 8.71. The van der Waals surface area contributed by atoms with E-state index in [1.165, 1.54) is 35.8 Å². The number of urea groups is 1. The van der Waals surface area contributed by atoms with Crippen molar-refractivity contribution in [3.8, 4) is 5.69 Å². The first-order valence-electron chi connectivity index (χ1n) is 14.4. The quantitative estimate of drug-likeness (QED) is 0.478. The van der Waals surface area contributed by atoms with Crippen LogP contribution in [-0.2, 0) is 11.3 Å². The summed E-state index contributed by atoms with van der Waals surface area (Å²) in [5, 5.41) is 2.71. The van der Waals surface area contributed by atoms with E-state index in [1.54, 1.807) is 35.9 Å². The molecule has 2 aromatic rings. The van der Waals surface area contributed by atoms with Gasteiger partial charge in [0.15, 0.2) is 0 Å². The monoisotopic (exact) mass is 550 g/mol. The van der Waals surface area contributed by atoms with Crippen LogP contribution in [0.1, 0.15) is 57.9 Å². The van der Waals surface area contributed by atoms with E-state index >= 15 is 0 Å². The van der Waals surface area contributed by atoms with Crippen molar-refractivity contribution in [1.82, 2.24) is 24.3 Å². The fraction of sp³-hybridized carbons (Fsp3) is 0.586. The molecule has 2 heterocycles. The van der Waals surface area contributed by atoms with E-state index in [4.69, 9.17) is 11.5 Å². The number of nitrogens with one attached hydrogen (secondary N) is 1. The number of rotatable bonds is 7. The lowest BCUT2D eigenvalue weighted by atomic mass is 9.90. The number of carbonyl (C=O) groups is 2. The first kappa shape index (κ1) is 28.3. The molecular weight excluding hydrogens is 508 g/mol. The summed E-state index contributed by atoms with van der Waals surface area (Å²) in [6.45, 7) is 5.83. The van der Waals surface area contributed by atoms with Crippen molar-refractivity contribution in [2.24, 2.45) is 11.5 Å². The second kappa shape index (κ2) is 11.7. The summed E-state index contributed by atoms with van der Waals surface area (Å²) < 4.78 is 1.47. The minimum absolute atomic E-state index is 0.138. The number of benzene rings is 1. The predicted octanol–water partition coefficient (Wildman–Crippen LogP) is 1.88. The molecule has 11 heteroatoms. The minimum Gasteiger partial charge on any atom is -0.338 e. The summed E-state index contributed by atoms with van der Waals surface area (Å²) in [5.41, 5.74) is 12.6. The highest BCUT2D eigenvalue weighted by atomic mass is 16.2. The number of carbonyl (C=O) groups excluding carboxylic acids is 2. The van der Waals surface area contributed by atoms with E-state index in [9.17, 15) is 14.4 Å². The van der Waals surface area contributed by atoms with Crippen LogP contribution in [0.2, 0.25) is 0 Å². The van der Waals surface area contributed by atoms with E-state index in [1.807, 2.05) is 12.1 Å². The second-order valence-electron chi connectivity index (χ2n) is 12.0. The summed E-state index contributed by atoms with van der Waals surface area (Å²) in [7, 11) is 0. The summed E-state index contributed by atoms with van der Waals surface area (Å²) in [6, 6.07) is 10.9. The van der Waals surface area contributed by atoms with Crippen molar-refractivity contribution in [3.05, 3.63) is 52.6 Å². The Kier molecular flexibility index (Phi) is 8.25. The third kappa shape index (κ3) is 6.71. The average molecular weight is 551 g/mol. The number of nitrogens with two attached hydrogens (primary N) is 2. The Morgan fingerprint density at radius 2 is 1.52 bits per heavy atom. The van der Waals surface area contributed by atoms with Crippen LogP contribution < -0.4 is 22.5 Å². The van der Waals surface area contributed by atoms with Crippen LogP contribution in [0.5, 0.6) is 0 Å². The molecule has 5 N–H and O–H groups in total. The van der Waals surface area contributed by atoms with Gasteiger partial charge in [0.2, 0.25) is 5.91 Å². The van der Waals surface area contributed by atoms with Gasteiger partial charge in [-0.2, -0.15) is 4.98 Å². The number of hydrogen-bond donors (Lipinski definition) is 3. The Morgan fingerprint density at radius 1 is 0.950 bits per heavy atom. The Balaban J connectivity index is 1.17. The first-order valence-corrected chi connectivity index (χ1v) is 14.4. The van der Waals surface area contributed by atoms with Crippen molar-refractivity contribution >= 4 is 17.8 Å². The second-order valence-corrected chi connectivity index (χ2v) is 12.0. The van der Waals surface area contributed by atoms with Gasteiger partial charge in [-0.3, -0.25) is 19.6 Å². The molecule has 216 valence electrons. The normalized spacial score (nSPS) is 21.9. The van der Waals surface area contributed by atoms with Gasteiger partial charge in [-0.05, 0) is 76.1 Å². The summed E-state index contributed by atoms with van der Waals surface area (Å²) in [5.74, 6) is 0.0530. The minimum atomic E-state index is -0.945. The molecule has 1 aromatic heterocycles.